The van der Waals surface area contributed by atoms with E-state index in [2.05, 4.69) is 9.69 Å². The molecule has 2 rings (SSSR count). The first-order valence-corrected chi connectivity index (χ1v) is 6.56. The van der Waals surface area contributed by atoms with E-state index in [1.165, 1.54) is 11.5 Å². The monoisotopic (exact) mass is 264 g/mol. The van der Waals surface area contributed by atoms with E-state index in [4.69, 9.17) is 4.42 Å². The van der Waals surface area contributed by atoms with Gasteiger partial charge in [0.1, 0.15) is 16.5 Å². The van der Waals surface area contributed by atoms with E-state index in [1.807, 2.05) is 32.9 Å². The van der Waals surface area contributed by atoms with Crippen LogP contribution in [0.3, 0.4) is 0 Å². The van der Waals surface area contributed by atoms with E-state index < -0.39 is 0 Å². The van der Waals surface area contributed by atoms with Crippen molar-refractivity contribution in [2.24, 2.45) is 0 Å². The maximum Gasteiger partial charge on any atom is 0.164 e. The van der Waals surface area contributed by atoms with Gasteiger partial charge in [-0.05, 0) is 51.4 Å². The van der Waals surface area contributed by atoms with Gasteiger partial charge in [-0.1, -0.05) is 0 Å². The van der Waals surface area contributed by atoms with Gasteiger partial charge in [-0.15, -0.1) is 0 Å². The molecule has 0 spiro atoms. The zero-order valence-corrected chi connectivity index (χ0v) is 11.7. The van der Waals surface area contributed by atoms with Crippen LogP contribution < -0.4 is 5.32 Å². The third-order valence-electron chi connectivity index (χ3n) is 2.75. The molecule has 0 radical (unpaired) electrons. The molecule has 1 N–H and O–H groups in total. The first kappa shape index (κ1) is 12.8. The maximum absolute atomic E-state index is 11.6. The minimum Gasteiger partial charge on any atom is -0.464 e. The van der Waals surface area contributed by atoms with Gasteiger partial charge in [-0.2, -0.15) is 4.37 Å². The molecule has 96 valence electrons. The van der Waals surface area contributed by atoms with Crippen LogP contribution in [0.25, 0.3) is 0 Å². The lowest BCUT2D eigenvalue weighted by Crippen LogP contribution is -2.07. The summed E-state index contributed by atoms with van der Waals surface area (Å²) in [6, 6.07) is 3.88. The Balaban J connectivity index is 2.22. The van der Waals surface area contributed by atoms with Gasteiger partial charge in [-0.3, -0.25) is 4.79 Å². The van der Waals surface area contributed by atoms with Gasteiger partial charge in [0.2, 0.25) is 0 Å². The van der Waals surface area contributed by atoms with E-state index in [9.17, 15) is 4.79 Å². The van der Waals surface area contributed by atoms with Gasteiger partial charge < -0.3 is 9.73 Å². The van der Waals surface area contributed by atoms with Gasteiger partial charge in [0.05, 0.1) is 17.3 Å². The molecular weight excluding hydrogens is 248 g/mol. The van der Waals surface area contributed by atoms with Gasteiger partial charge in [0, 0.05) is 0 Å². The highest BCUT2D eigenvalue weighted by Crippen LogP contribution is 2.29. The summed E-state index contributed by atoms with van der Waals surface area (Å²) in [6.45, 7) is 7.31. The van der Waals surface area contributed by atoms with Crippen molar-refractivity contribution >= 4 is 22.3 Å². The number of hydrogen-bond acceptors (Lipinski definition) is 5. The first-order chi connectivity index (χ1) is 8.49. The maximum atomic E-state index is 11.6. The lowest BCUT2D eigenvalue weighted by Gasteiger charge is -2.11. The largest absolute Gasteiger partial charge is 0.464 e. The van der Waals surface area contributed by atoms with Crippen LogP contribution in [0.4, 0.5) is 5.00 Å². The topological polar surface area (TPSA) is 55.1 Å². The number of carbonyl (C=O) groups is 1. The SMILES string of the molecule is CC(=O)c1c(C)nsc1NC(C)c1ccc(C)o1. The highest BCUT2D eigenvalue weighted by atomic mass is 32.1. The molecule has 1 unspecified atom stereocenters. The van der Waals surface area contributed by atoms with Crippen LogP contribution in [0.5, 0.6) is 0 Å². The van der Waals surface area contributed by atoms with Crippen molar-refractivity contribution < 1.29 is 9.21 Å². The Morgan fingerprint density at radius 2 is 2.17 bits per heavy atom. The smallest absolute Gasteiger partial charge is 0.164 e. The van der Waals surface area contributed by atoms with Gasteiger partial charge >= 0.3 is 0 Å². The molecule has 1 atom stereocenters. The summed E-state index contributed by atoms with van der Waals surface area (Å²) < 4.78 is 9.78. The number of hydrogen-bond donors (Lipinski definition) is 1. The van der Waals surface area contributed by atoms with E-state index in [1.54, 1.807) is 6.92 Å². The Morgan fingerprint density at radius 3 is 2.72 bits per heavy atom. The third-order valence-corrected chi connectivity index (χ3v) is 3.62. The predicted octanol–water partition coefficient (Wildman–Crippen LogP) is 3.73. The van der Waals surface area contributed by atoms with Crippen LogP contribution in [0.2, 0.25) is 0 Å². The molecule has 2 aromatic heterocycles. The minimum absolute atomic E-state index is 0.0108. The predicted molar refractivity (Wildman–Crippen MR) is 72.3 cm³/mol. The first-order valence-electron chi connectivity index (χ1n) is 5.79. The Morgan fingerprint density at radius 1 is 1.44 bits per heavy atom. The molecule has 5 heteroatoms. The van der Waals surface area contributed by atoms with Crippen molar-refractivity contribution in [1.29, 1.82) is 0 Å². The van der Waals surface area contributed by atoms with Crippen molar-refractivity contribution in [1.82, 2.24) is 4.37 Å². The standard InChI is InChI=1S/C13H16N2O2S/c1-7-5-6-11(17-7)8(2)14-13-12(10(4)16)9(3)15-18-13/h5-6,8,14H,1-4H3. The number of anilines is 1. The molecular formula is C13H16N2O2S. The number of furan rings is 1. The number of Topliss-reactive ketones (excluding diaryl/α,β-unsaturated/α-hetero) is 1. The number of nitrogens with one attached hydrogen (secondary N) is 1. The molecule has 0 aliphatic carbocycles. The Kier molecular flexibility index (Phi) is 3.52. The lowest BCUT2D eigenvalue weighted by molar-refractivity contribution is 0.101. The fourth-order valence-corrected chi connectivity index (χ4v) is 2.77. The average molecular weight is 264 g/mol. The van der Waals surface area contributed by atoms with Gasteiger partial charge in [-0.25, -0.2) is 0 Å². The number of aromatic nitrogens is 1. The Hall–Kier alpha value is -1.62. The van der Waals surface area contributed by atoms with Gasteiger partial charge in [0.15, 0.2) is 5.78 Å². The Bertz CT molecular complexity index is 571. The number of aryl methyl sites for hydroxylation is 2. The normalized spacial score (nSPS) is 12.4. The highest BCUT2D eigenvalue weighted by molar-refractivity contribution is 7.10. The minimum atomic E-state index is 0.0108. The Labute approximate surface area is 110 Å². The van der Waals surface area contributed by atoms with E-state index in [0.717, 1.165) is 22.2 Å². The van der Waals surface area contributed by atoms with Gasteiger partial charge in [0.25, 0.3) is 0 Å². The number of rotatable bonds is 4. The van der Waals surface area contributed by atoms with Crippen molar-refractivity contribution in [3.05, 3.63) is 34.9 Å². The van der Waals surface area contributed by atoms with Crippen molar-refractivity contribution in [3.63, 3.8) is 0 Å². The summed E-state index contributed by atoms with van der Waals surface area (Å²) in [6.07, 6.45) is 0. The summed E-state index contributed by atoms with van der Waals surface area (Å²) >= 11 is 1.31. The summed E-state index contributed by atoms with van der Waals surface area (Å²) in [7, 11) is 0. The number of ketones is 1. The van der Waals surface area contributed by atoms with Crippen LogP contribution in [0, 0.1) is 13.8 Å². The van der Waals surface area contributed by atoms with Crippen LogP contribution in [0.15, 0.2) is 16.5 Å². The second-order valence-electron chi connectivity index (χ2n) is 4.34. The summed E-state index contributed by atoms with van der Waals surface area (Å²) in [5.41, 5.74) is 1.45. The number of carbonyl (C=O) groups excluding carboxylic acids is 1. The quantitative estimate of drug-likeness (QED) is 0.855. The zero-order valence-electron chi connectivity index (χ0n) is 10.9. The van der Waals surface area contributed by atoms with Crippen LogP contribution >= 0.6 is 11.5 Å². The average Bonchev–Trinajstić information content (AvgIpc) is 2.85. The molecule has 0 fully saturated rings. The van der Waals surface area contributed by atoms with E-state index in [0.29, 0.717) is 5.56 Å². The second kappa shape index (κ2) is 4.94. The zero-order chi connectivity index (χ0) is 13.3. The molecule has 0 saturated carbocycles. The van der Waals surface area contributed by atoms with Crippen LogP contribution in [0.1, 0.15) is 47.5 Å². The highest BCUT2D eigenvalue weighted by Gasteiger charge is 2.18. The molecule has 0 saturated heterocycles. The summed E-state index contributed by atoms with van der Waals surface area (Å²) in [5, 5.41) is 4.09. The molecule has 0 amide bonds. The van der Waals surface area contributed by atoms with Crippen molar-refractivity contribution in [3.8, 4) is 0 Å². The molecule has 2 heterocycles. The van der Waals surface area contributed by atoms with Crippen molar-refractivity contribution in [2.75, 3.05) is 5.32 Å². The summed E-state index contributed by atoms with van der Waals surface area (Å²) in [4.78, 5) is 11.6. The molecule has 2 aromatic rings. The second-order valence-corrected chi connectivity index (χ2v) is 5.12. The molecule has 0 aliphatic rings. The fraction of sp³-hybridized carbons (Fsp3) is 0.385. The van der Waals surface area contributed by atoms with Crippen LogP contribution in [-0.2, 0) is 0 Å². The number of nitrogens with zero attached hydrogens (tertiary/aromatic N) is 1. The lowest BCUT2D eigenvalue weighted by atomic mass is 10.1. The fourth-order valence-electron chi connectivity index (χ4n) is 1.84. The van der Waals surface area contributed by atoms with Crippen molar-refractivity contribution in [2.45, 2.75) is 33.7 Å². The molecule has 0 aliphatic heterocycles. The molecule has 0 bridgehead atoms. The summed E-state index contributed by atoms with van der Waals surface area (Å²) in [5.74, 6) is 1.77. The third kappa shape index (κ3) is 2.46. The van der Waals surface area contributed by atoms with E-state index in [-0.39, 0.29) is 11.8 Å². The molecule has 18 heavy (non-hydrogen) atoms. The van der Waals surface area contributed by atoms with E-state index >= 15 is 0 Å². The molecule has 0 aromatic carbocycles. The molecule has 4 nitrogen and oxygen atoms in total. The van der Waals surface area contributed by atoms with Crippen LogP contribution in [-0.4, -0.2) is 10.2 Å².